The lowest BCUT2D eigenvalue weighted by Crippen LogP contribution is -2.24. The van der Waals surface area contributed by atoms with Crippen molar-refractivity contribution in [2.45, 2.75) is 13.3 Å². The topological polar surface area (TPSA) is 81.4 Å². The van der Waals surface area contributed by atoms with Gasteiger partial charge < -0.3 is 15.8 Å². The first-order valence-electron chi connectivity index (χ1n) is 5.64. The van der Waals surface area contributed by atoms with Crippen molar-refractivity contribution in [2.75, 3.05) is 18.9 Å². The molecule has 0 aliphatic heterocycles. The summed E-state index contributed by atoms with van der Waals surface area (Å²) in [7, 11) is 0. The fraction of sp³-hybridized carbons (Fsp3) is 0.333. The van der Waals surface area contributed by atoms with E-state index in [4.69, 9.17) is 10.5 Å². The number of nitrogens with one attached hydrogen (secondary N) is 1. The molecule has 104 valence electrons. The summed E-state index contributed by atoms with van der Waals surface area (Å²) in [4.78, 5) is 22.6. The molecule has 0 unspecified atom stereocenters. The number of esters is 1. The maximum absolute atomic E-state index is 13.3. The smallest absolute Gasteiger partial charge is 0.341 e. The van der Waals surface area contributed by atoms with E-state index in [9.17, 15) is 18.4 Å². The highest BCUT2D eigenvalue weighted by Gasteiger charge is 2.16. The zero-order valence-corrected chi connectivity index (χ0v) is 10.3. The van der Waals surface area contributed by atoms with E-state index in [0.717, 1.165) is 6.07 Å². The molecule has 0 saturated heterocycles. The number of halogens is 2. The Hall–Kier alpha value is -2.18. The zero-order valence-electron chi connectivity index (χ0n) is 10.3. The molecule has 1 aromatic rings. The fourth-order valence-electron chi connectivity index (χ4n) is 1.32. The third kappa shape index (κ3) is 4.20. The van der Waals surface area contributed by atoms with Gasteiger partial charge in [-0.3, -0.25) is 4.79 Å². The van der Waals surface area contributed by atoms with Crippen LogP contribution < -0.4 is 11.1 Å². The van der Waals surface area contributed by atoms with Crippen LogP contribution in [0.25, 0.3) is 0 Å². The number of rotatable bonds is 5. The Kier molecular flexibility index (Phi) is 5.23. The summed E-state index contributed by atoms with van der Waals surface area (Å²) in [5.41, 5.74) is 4.42. The maximum atomic E-state index is 13.3. The molecule has 0 aliphatic carbocycles. The summed E-state index contributed by atoms with van der Waals surface area (Å²) in [5, 5.41) is 2.51. The molecule has 0 saturated carbocycles. The van der Waals surface area contributed by atoms with Gasteiger partial charge in [0.05, 0.1) is 17.7 Å². The predicted octanol–water partition coefficient (Wildman–Crippen LogP) is 1.23. The molecular weight excluding hydrogens is 258 g/mol. The van der Waals surface area contributed by atoms with Crippen LogP contribution in [-0.4, -0.2) is 25.0 Å². The molecular formula is C12H14F2N2O3. The number of nitrogens with two attached hydrogens (primary N) is 1. The predicted molar refractivity (Wildman–Crippen MR) is 64.4 cm³/mol. The van der Waals surface area contributed by atoms with Crippen LogP contribution in [0.1, 0.15) is 23.7 Å². The minimum atomic E-state index is -1.06. The van der Waals surface area contributed by atoms with Crippen molar-refractivity contribution in [1.82, 2.24) is 5.32 Å². The second kappa shape index (κ2) is 6.67. The molecule has 7 heteroatoms. The van der Waals surface area contributed by atoms with Crippen LogP contribution in [0.3, 0.4) is 0 Å². The van der Waals surface area contributed by atoms with E-state index in [1.165, 1.54) is 0 Å². The van der Waals surface area contributed by atoms with E-state index in [0.29, 0.717) is 12.6 Å². The summed E-state index contributed by atoms with van der Waals surface area (Å²) in [6, 6.07) is 1.37. The van der Waals surface area contributed by atoms with Gasteiger partial charge in [-0.05, 0) is 13.0 Å². The van der Waals surface area contributed by atoms with Crippen molar-refractivity contribution < 1.29 is 23.1 Å². The summed E-state index contributed by atoms with van der Waals surface area (Å²) in [6.07, 6.45) is -0.0299. The lowest BCUT2D eigenvalue weighted by atomic mass is 10.2. The second-order valence-electron chi connectivity index (χ2n) is 3.69. The molecule has 3 N–H and O–H groups in total. The first-order chi connectivity index (χ1) is 8.95. The quantitative estimate of drug-likeness (QED) is 0.624. The average Bonchev–Trinajstić information content (AvgIpc) is 2.34. The maximum Gasteiger partial charge on any atom is 0.341 e. The van der Waals surface area contributed by atoms with Crippen molar-refractivity contribution in [3.05, 3.63) is 29.3 Å². The van der Waals surface area contributed by atoms with Crippen LogP contribution in [-0.2, 0) is 9.53 Å². The molecule has 0 bridgehead atoms. The summed E-state index contributed by atoms with van der Waals surface area (Å²) >= 11 is 0. The lowest BCUT2D eigenvalue weighted by molar-refractivity contribution is -0.121. The van der Waals surface area contributed by atoms with E-state index >= 15 is 0 Å². The number of amides is 1. The van der Waals surface area contributed by atoms with Gasteiger partial charge in [-0.15, -0.1) is 0 Å². The molecule has 0 fully saturated rings. The Bertz CT molecular complexity index is 492. The van der Waals surface area contributed by atoms with E-state index in [2.05, 4.69) is 5.32 Å². The van der Waals surface area contributed by atoms with Gasteiger partial charge in [-0.1, -0.05) is 0 Å². The minimum absolute atomic E-state index is 0.0299. The molecule has 0 radical (unpaired) electrons. The van der Waals surface area contributed by atoms with Crippen molar-refractivity contribution in [3.63, 3.8) is 0 Å². The highest BCUT2D eigenvalue weighted by molar-refractivity contribution is 5.91. The van der Waals surface area contributed by atoms with E-state index in [1.807, 2.05) is 0 Å². The van der Waals surface area contributed by atoms with Crippen LogP contribution in [0, 0.1) is 11.6 Å². The Labute approximate surface area is 108 Å². The first kappa shape index (κ1) is 14.9. The molecule has 1 aromatic carbocycles. The summed E-state index contributed by atoms with van der Waals surface area (Å²) < 4.78 is 30.9. The molecule has 0 aliphatic rings. The summed E-state index contributed by atoms with van der Waals surface area (Å²) in [5.74, 6) is -3.28. The van der Waals surface area contributed by atoms with Crippen LogP contribution >= 0.6 is 0 Å². The van der Waals surface area contributed by atoms with Crippen molar-refractivity contribution >= 4 is 17.6 Å². The Morgan fingerprint density at radius 2 is 2.00 bits per heavy atom. The highest BCUT2D eigenvalue weighted by Crippen LogP contribution is 2.17. The van der Waals surface area contributed by atoms with Gasteiger partial charge >= 0.3 is 5.97 Å². The number of anilines is 1. The molecule has 5 nitrogen and oxygen atoms in total. The normalized spacial score (nSPS) is 10.1. The second-order valence-corrected chi connectivity index (χ2v) is 3.69. The van der Waals surface area contributed by atoms with Crippen LogP contribution in [0.2, 0.25) is 0 Å². The summed E-state index contributed by atoms with van der Waals surface area (Å²) in [6.45, 7) is 2.03. The first-order valence-corrected chi connectivity index (χ1v) is 5.64. The fourth-order valence-corrected chi connectivity index (χ4v) is 1.32. The van der Waals surface area contributed by atoms with Crippen LogP contribution in [0.5, 0.6) is 0 Å². The van der Waals surface area contributed by atoms with Gasteiger partial charge in [0.2, 0.25) is 5.91 Å². The molecule has 19 heavy (non-hydrogen) atoms. The Balaban J connectivity index is 2.59. The average molecular weight is 272 g/mol. The number of ether oxygens (including phenoxy) is 1. The van der Waals surface area contributed by atoms with Gasteiger partial charge in [-0.25, -0.2) is 13.6 Å². The number of hydrogen-bond donors (Lipinski definition) is 2. The number of benzene rings is 1. The minimum Gasteiger partial charge on any atom is -0.461 e. The molecule has 0 heterocycles. The lowest BCUT2D eigenvalue weighted by Gasteiger charge is -2.07. The van der Waals surface area contributed by atoms with Gasteiger partial charge in [0.25, 0.3) is 0 Å². The van der Waals surface area contributed by atoms with Gasteiger partial charge in [-0.2, -0.15) is 0 Å². The highest BCUT2D eigenvalue weighted by atomic mass is 19.1. The monoisotopic (exact) mass is 272 g/mol. The Morgan fingerprint density at radius 3 is 2.63 bits per heavy atom. The van der Waals surface area contributed by atoms with Crippen LogP contribution in [0.4, 0.5) is 14.5 Å². The third-order valence-electron chi connectivity index (χ3n) is 2.24. The van der Waals surface area contributed by atoms with E-state index in [-0.39, 0.29) is 24.6 Å². The number of carbonyl (C=O) groups is 2. The van der Waals surface area contributed by atoms with Crippen molar-refractivity contribution in [3.8, 4) is 0 Å². The number of carbonyl (C=O) groups excluding carboxylic acids is 2. The number of hydrogen-bond acceptors (Lipinski definition) is 4. The largest absolute Gasteiger partial charge is 0.461 e. The third-order valence-corrected chi connectivity index (χ3v) is 2.24. The van der Waals surface area contributed by atoms with E-state index in [1.54, 1.807) is 6.92 Å². The van der Waals surface area contributed by atoms with E-state index < -0.39 is 23.2 Å². The molecule has 0 spiro atoms. The van der Waals surface area contributed by atoms with Crippen LogP contribution in [0.15, 0.2) is 12.1 Å². The van der Waals surface area contributed by atoms with Gasteiger partial charge in [0.1, 0.15) is 18.2 Å². The molecule has 0 aromatic heterocycles. The zero-order chi connectivity index (χ0) is 14.4. The molecule has 1 amide bonds. The molecule has 0 atom stereocenters. The number of nitrogen functional groups attached to an aromatic ring is 1. The van der Waals surface area contributed by atoms with Crippen molar-refractivity contribution in [2.24, 2.45) is 0 Å². The SMILES string of the molecule is CCNC(=O)CCOC(=O)c1cc(N)c(F)cc1F. The van der Waals surface area contributed by atoms with Gasteiger partial charge in [0, 0.05) is 12.6 Å². The Morgan fingerprint density at radius 1 is 1.32 bits per heavy atom. The standard InChI is InChI=1S/C12H14F2N2O3/c1-2-16-11(17)3-4-19-12(18)7-5-10(15)9(14)6-8(7)13/h5-6H,2-4,15H2,1H3,(H,16,17). The van der Waals surface area contributed by atoms with Gasteiger partial charge in [0.15, 0.2) is 0 Å². The molecule has 1 rings (SSSR count). The van der Waals surface area contributed by atoms with Crippen molar-refractivity contribution in [1.29, 1.82) is 0 Å².